The van der Waals surface area contributed by atoms with Crippen LogP contribution in [0.25, 0.3) is 0 Å². The molecular weight excluding hydrogens is 313 g/mol. The van der Waals surface area contributed by atoms with Crippen LogP contribution < -0.4 is 4.90 Å². The molecule has 0 aromatic carbocycles. The lowest BCUT2D eigenvalue weighted by Gasteiger charge is -2.34. The number of nitrogens with one attached hydrogen (secondary N) is 1. The smallest absolute Gasteiger partial charge is 0.352 e. The zero-order valence-corrected chi connectivity index (χ0v) is 11.9. The molecular formula is C13H13F3N6O. The van der Waals surface area contributed by atoms with Crippen LogP contribution in [0.5, 0.6) is 0 Å². The summed E-state index contributed by atoms with van der Waals surface area (Å²) in [5.41, 5.74) is -1.70. The molecule has 23 heavy (non-hydrogen) atoms. The van der Waals surface area contributed by atoms with E-state index in [-0.39, 0.29) is 0 Å². The highest BCUT2D eigenvalue weighted by Gasteiger charge is 2.39. The van der Waals surface area contributed by atoms with Crippen LogP contribution in [0.4, 0.5) is 19.0 Å². The van der Waals surface area contributed by atoms with Gasteiger partial charge in [0, 0.05) is 32.4 Å². The van der Waals surface area contributed by atoms with Crippen molar-refractivity contribution in [1.82, 2.24) is 25.1 Å². The number of hydrogen-bond donors (Lipinski definition) is 1. The van der Waals surface area contributed by atoms with Gasteiger partial charge in [-0.15, -0.1) is 5.10 Å². The highest BCUT2D eigenvalue weighted by atomic mass is 19.4. The van der Waals surface area contributed by atoms with Gasteiger partial charge in [-0.25, -0.2) is 4.98 Å². The van der Waals surface area contributed by atoms with Crippen LogP contribution in [0.2, 0.25) is 0 Å². The van der Waals surface area contributed by atoms with Crippen molar-refractivity contribution in [3.8, 4) is 0 Å². The molecule has 0 aliphatic carbocycles. The first kappa shape index (κ1) is 15.3. The van der Waals surface area contributed by atoms with Crippen molar-refractivity contribution in [2.75, 3.05) is 31.1 Å². The molecule has 3 heterocycles. The minimum absolute atomic E-state index is 0.291. The topological polar surface area (TPSA) is 78.0 Å². The molecule has 3 rings (SSSR count). The number of anilines is 1. The third-order valence-electron chi connectivity index (χ3n) is 3.57. The minimum atomic E-state index is -4.64. The van der Waals surface area contributed by atoms with E-state index in [9.17, 15) is 18.0 Å². The van der Waals surface area contributed by atoms with Gasteiger partial charge in [-0.3, -0.25) is 4.79 Å². The maximum absolute atomic E-state index is 12.8. The van der Waals surface area contributed by atoms with E-state index in [1.54, 1.807) is 18.3 Å². The third kappa shape index (κ3) is 3.10. The van der Waals surface area contributed by atoms with Crippen molar-refractivity contribution in [3.05, 3.63) is 36.0 Å². The fraction of sp³-hybridized carbons (Fsp3) is 0.385. The molecule has 1 fully saturated rings. The first-order valence-electron chi connectivity index (χ1n) is 6.89. The second-order valence-electron chi connectivity index (χ2n) is 4.99. The maximum Gasteiger partial charge on any atom is 0.433 e. The molecule has 1 aliphatic heterocycles. The average molecular weight is 326 g/mol. The number of piperazine rings is 1. The maximum atomic E-state index is 12.8. The Morgan fingerprint density at radius 3 is 2.57 bits per heavy atom. The molecule has 0 atom stereocenters. The molecule has 0 spiro atoms. The fourth-order valence-corrected chi connectivity index (χ4v) is 2.42. The van der Waals surface area contributed by atoms with Gasteiger partial charge in [-0.2, -0.15) is 18.3 Å². The molecule has 0 radical (unpaired) electrons. The number of alkyl halides is 3. The number of rotatable bonds is 2. The largest absolute Gasteiger partial charge is 0.433 e. The Hall–Kier alpha value is -2.65. The summed E-state index contributed by atoms with van der Waals surface area (Å²) < 4.78 is 38.5. The fourth-order valence-electron chi connectivity index (χ4n) is 2.42. The van der Waals surface area contributed by atoms with Crippen LogP contribution >= 0.6 is 0 Å². The number of aromatic amines is 1. The van der Waals surface area contributed by atoms with Gasteiger partial charge < -0.3 is 14.8 Å². The van der Waals surface area contributed by atoms with Gasteiger partial charge >= 0.3 is 6.18 Å². The Kier molecular flexibility index (Phi) is 3.89. The molecule has 1 amide bonds. The van der Waals surface area contributed by atoms with Crippen LogP contribution in [0.1, 0.15) is 16.2 Å². The molecule has 2 aromatic rings. The van der Waals surface area contributed by atoms with Crippen LogP contribution in [-0.4, -0.2) is 57.2 Å². The van der Waals surface area contributed by atoms with E-state index in [0.29, 0.717) is 32.0 Å². The molecule has 0 unspecified atom stereocenters. The van der Waals surface area contributed by atoms with Crippen LogP contribution in [0, 0.1) is 0 Å². The molecule has 1 saturated heterocycles. The van der Waals surface area contributed by atoms with Crippen molar-refractivity contribution in [2.24, 2.45) is 0 Å². The summed E-state index contributed by atoms with van der Waals surface area (Å²) >= 11 is 0. The summed E-state index contributed by atoms with van der Waals surface area (Å²) in [7, 11) is 0. The summed E-state index contributed by atoms with van der Waals surface area (Å²) in [6.07, 6.45) is -2.20. The molecule has 0 saturated carbocycles. The van der Waals surface area contributed by atoms with E-state index < -0.39 is 23.5 Å². The Morgan fingerprint density at radius 1 is 1.22 bits per heavy atom. The highest BCUT2D eigenvalue weighted by molar-refractivity contribution is 5.93. The number of H-pyrrole nitrogens is 1. The Labute approximate surface area is 129 Å². The van der Waals surface area contributed by atoms with E-state index in [2.05, 4.69) is 15.2 Å². The third-order valence-corrected chi connectivity index (χ3v) is 3.57. The zero-order chi connectivity index (χ0) is 16.4. The predicted octanol–water partition coefficient (Wildman–Crippen LogP) is 1.18. The van der Waals surface area contributed by atoms with E-state index in [0.717, 1.165) is 6.33 Å². The van der Waals surface area contributed by atoms with E-state index in [1.165, 1.54) is 4.90 Å². The first-order valence-corrected chi connectivity index (χ1v) is 6.89. The number of hydrogen-bond acceptors (Lipinski definition) is 5. The lowest BCUT2D eigenvalue weighted by Crippen LogP contribution is -2.49. The molecule has 2 aromatic heterocycles. The van der Waals surface area contributed by atoms with Gasteiger partial charge in [0.05, 0.1) is 6.33 Å². The van der Waals surface area contributed by atoms with E-state index >= 15 is 0 Å². The lowest BCUT2D eigenvalue weighted by molar-refractivity contribution is -0.141. The second-order valence-corrected chi connectivity index (χ2v) is 4.99. The van der Waals surface area contributed by atoms with Crippen molar-refractivity contribution in [2.45, 2.75) is 6.18 Å². The summed E-state index contributed by atoms with van der Waals surface area (Å²) in [5.74, 6) is -0.0484. The van der Waals surface area contributed by atoms with Crippen molar-refractivity contribution >= 4 is 11.7 Å². The molecule has 7 nitrogen and oxygen atoms in total. The van der Waals surface area contributed by atoms with Crippen LogP contribution in [0.3, 0.4) is 0 Å². The van der Waals surface area contributed by atoms with Crippen LogP contribution in [0.15, 0.2) is 24.7 Å². The average Bonchev–Trinajstić information content (AvgIpc) is 3.05. The number of carbonyl (C=O) groups excluding carboxylic acids is 1. The van der Waals surface area contributed by atoms with Gasteiger partial charge in [0.2, 0.25) is 0 Å². The number of amides is 1. The molecule has 0 bridgehead atoms. The van der Waals surface area contributed by atoms with Gasteiger partial charge in [-0.05, 0) is 12.1 Å². The SMILES string of the molecule is O=C(c1nc[nH]c1C(F)(F)F)N1CCN(c2cccnn2)CC1. The van der Waals surface area contributed by atoms with Gasteiger partial charge in [-0.1, -0.05) is 0 Å². The predicted molar refractivity (Wildman–Crippen MR) is 73.7 cm³/mol. The monoisotopic (exact) mass is 326 g/mol. The Bertz CT molecular complexity index is 679. The van der Waals surface area contributed by atoms with Crippen molar-refractivity contribution in [3.63, 3.8) is 0 Å². The number of imidazole rings is 1. The van der Waals surface area contributed by atoms with E-state index in [1.807, 2.05) is 9.88 Å². The number of halogens is 3. The Morgan fingerprint density at radius 2 is 1.96 bits per heavy atom. The summed E-state index contributed by atoms with van der Waals surface area (Å²) in [5, 5.41) is 7.76. The van der Waals surface area contributed by atoms with E-state index in [4.69, 9.17) is 0 Å². The number of carbonyl (C=O) groups is 1. The quantitative estimate of drug-likeness (QED) is 0.897. The zero-order valence-electron chi connectivity index (χ0n) is 11.9. The summed E-state index contributed by atoms with van der Waals surface area (Å²) in [6.45, 7) is 1.52. The van der Waals surface area contributed by atoms with Crippen molar-refractivity contribution < 1.29 is 18.0 Å². The highest BCUT2D eigenvalue weighted by Crippen LogP contribution is 2.30. The van der Waals surface area contributed by atoms with Crippen LogP contribution in [-0.2, 0) is 6.18 Å². The first-order chi connectivity index (χ1) is 11.0. The second kappa shape index (κ2) is 5.86. The molecule has 1 aliphatic rings. The lowest BCUT2D eigenvalue weighted by atomic mass is 10.2. The van der Waals surface area contributed by atoms with Gasteiger partial charge in [0.15, 0.2) is 17.2 Å². The minimum Gasteiger partial charge on any atom is -0.352 e. The summed E-state index contributed by atoms with van der Waals surface area (Å²) in [6, 6.07) is 3.54. The van der Waals surface area contributed by atoms with Crippen molar-refractivity contribution in [1.29, 1.82) is 0 Å². The normalized spacial score (nSPS) is 15.8. The summed E-state index contributed by atoms with van der Waals surface area (Å²) in [4.78, 5) is 21.1. The molecule has 1 N–H and O–H groups in total. The van der Waals surface area contributed by atoms with Gasteiger partial charge in [0.1, 0.15) is 0 Å². The number of aromatic nitrogens is 4. The molecule has 10 heteroatoms. The van der Waals surface area contributed by atoms with Gasteiger partial charge in [0.25, 0.3) is 5.91 Å². The molecule has 122 valence electrons. The number of nitrogens with zero attached hydrogens (tertiary/aromatic N) is 5. The Balaban J connectivity index is 1.69. The standard InChI is InChI=1S/C13H13F3N6O/c14-13(15,16)11-10(17-8-18-11)12(23)22-6-4-21(5-7-22)9-2-1-3-19-20-9/h1-3,8H,4-7H2,(H,17,18).